The van der Waals surface area contributed by atoms with E-state index >= 15 is 0 Å². The first-order valence-corrected chi connectivity index (χ1v) is 5.87. The quantitative estimate of drug-likeness (QED) is 0.885. The van der Waals surface area contributed by atoms with Gasteiger partial charge in [0.25, 0.3) is 0 Å². The van der Waals surface area contributed by atoms with Gasteiger partial charge < -0.3 is 11.1 Å². The molecule has 1 rings (SSSR count). The van der Waals surface area contributed by atoms with Gasteiger partial charge in [0.2, 0.25) is 0 Å². The van der Waals surface area contributed by atoms with Gasteiger partial charge in [0, 0.05) is 17.2 Å². The van der Waals surface area contributed by atoms with Crippen molar-refractivity contribution in [2.45, 2.75) is 26.3 Å². The molecule has 84 valence electrons. The summed E-state index contributed by atoms with van der Waals surface area (Å²) in [6.45, 7) is 7.00. The molecule has 1 atom stereocenters. The fourth-order valence-electron chi connectivity index (χ4n) is 1.17. The molecule has 15 heavy (non-hydrogen) atoms. The molecule has 1 heterocycles. The lowest BCUT2D eigenvalue weighted by Crippen LogP contribution is -2.47. The summed E-state index contributed by atoms with van der Waals surface area (Å²) >= 11 is 3.36. The lowest BCUT2D eigenvalue weighted by molar-refractivity contribution is 0.381. The third-order valence-corrected chi connectivity index (χ3v) is 3.31. The molecule has 0 aliphatic rings. The van der Waals surface area contributed by atoms with Gasteiger partial charge in [-0.25, -0.2) is 4.98 Å². The van der Waals surface area contributed by atoms with E-state index in [1.807, 2.05) is 12.1 Å². The molecule has 4 heteroatoms. The number of pyridine rings is 1. The second kappa shape index (κ2) is 4.94. The van der Waals surface area contributed by atoms with Crippen LogP contribution in [0.1, 0.15) is 20.8 Å². The molecule has 0 radical (unpaired) electrons. The molecular weight excluding hydrogens is 254 g/mol. The molecule has 0 bridgehead atoms. The summed E-state index contributed by atoms with van der Waals surface area (Å²) in [5.74, 6) is 1.31. The van der Waals surface area contributed by atoms with E-state index in [4.69, 9.17) is 5.73 Å². The number of nitrogens with zero attached hydrogens (tertiary/aromatic N) is 1. The van der Waals surface area contributed by atoms with Crippen molar-refractivity contribution < 1.29 is 0 Å². The maximum absolute atomic E-state index is 5.79. The molecule has 0 fully saturated rings. The fourth-order valence-corrected chi connectivity index (χ4v) is 1.41. The number of anilines is 1. The van der Waals surface area contributed by atoms with Crippen molar-refractivity contribution in [1.82, 2.24) is 4.98 Å². The molecular formula is C11H18BrN3. The summed E-state index contributed by atoms with van der Waals surface area (Å²) in [5.41, 5.74) is 5.68. The Hall–Kier alpha value is -0.610. The molecule has 0 amide bonds. The molecule has 0 spiro atoms. The Balaban J connectivity index is 2.79. The van der Waals surface area contributed by atoms with E-state index in [9.17, 15) is 0 Å². The van der Waals surface area contributed by atoms with Gasteiger partial charge in [-0.1, -0.05) is 13.8 Å². The zero-order valence-corrected chi connectivity index (χ0v) is 11.0. The summed E-state index contributed by atoms with van der Waals surface area (Å²) in [5, 5.41) is 3.37. The average Bonchev–Trinajstić information content (AvgIpc) is 2.21. The zero-order chi connectivity index (χ0) is 11.5. The van der Waals surface area contributed by atoms with Crippen molar-refractivity contribution >= 4 is 21.7 Å². The molecule has 1 aromatic rings. The normalized spacial score (nSPS) is 15.1. The van der Waals surface area contributed by atoms with E-state index in [1.165, 1.54) is 0 Å². The summed E-state index contributed by atoms with van der Waals surface area (Å²) in [6, 6.07) is 3.91. The van der Waals surface area contributed by atoms with Gasteiger partial charge in [-0.05, 0) is 40.9 Å². The van der Waals surface area contributed by atoms with Crippen LogP contribution >= 0.6 is 15.9 Å². The highest BCUT2D eigenvalue weighted by molar-refractivity contribution is 9.10. The van der Waals surface area contributed by atoms with E-state index in [0.29, 0.717) is 12.5 Å². The SMILES string of the molecule is CC(C)C(C)(CN)Nc1ccc(Br)cn1. The smallest absolute Gasteiger partial charge is 0.126 e. The summed E-state index contributed by atoms with van der Waals surface area (Å²) < 4.78 is 0.979. The van der Waals surface area contributed by atoms with Crippen LogP contribution < -0.4 is 11.1 Å². The van der Waals surface area contributed by atoms with Crippen LogP contribution in [0.4, 0.5) is 5.82 Å². The molecule has 0 aromatic carbocycles. The molecule has 0 saturated carbocycles. The maximum atomic E-state index is 5.79. The lowest BCUT2D eigenvalue weighted by atomic mass is 9.88. The molecule has 3 nitrogen and oxygen atoms in total. The highest BCUT2D eigenvalue weighted by Gasteiger charge is 2.26. The van der Waals surface area contributed by atoms with Crippen LogP contribution in [-0.4, -0.2) is 17.1 Å². The highest BCUT2D eigenvalue weighted by Crippen LogP contribution is 2.21. The number of rotatable bonds is 4. The number of nitrogens with two attached hydrogens (primary N) is 1. The number of hydrogen-bond donors (Lipinski definition) is 2. The van der Waals surface area contributed by atoms with Crippen molar-refractivity contribution in [3.05, 3.63) is 22.8 Å². The first kappa shape index (κ1) is 12.5. The number of hydrogen-bond acceptors (Lipinski definition) is 3. The second-order valence-electron chi connectivity index (χ2n) is 4.26. The van der Waals surface area contributed by atoms with Crippen LogP contribution in [0.5, 0.6) is 0 Å². The summed E-state index contributed by atoms with van der Waals surface area (Å²) in [7, 11) is 0. The minimum Gasteiger partial charge on any atom is -0.363 e. The van der Waals surface area contributed by atoms with Gasteiger partial charge in [0.05, 0.1) is 5.54 Å². The predicted molar refractivity (Wildman–Crippen MR) is 67.9 cm³/mol. The third kappa shape index (κ3) is 3.18. The van der Waals surface area contributed by atoms with E-state index in [0.717, 1.165) is 10.3 Å². The fraction of sp³-hybridized carbons (Fsp3) is 0.545. The van der Waals surface area contributed by atoms with Gasteiger partial charge in [-0.2, -0.15) is 0 Å². The van der Waals surface area contributed by atoms with Gasteiger partial charge in [-0.15, -0.1) is 0 Å². The highest BCUT2D eigenvalue weighted by atomic mass is 79.9. The van der Waals surface area contributed by atoms with Gasteiger partial charge >= 0.3 is 0 Å². The Kier molecular flexibility index (Phi) is 4.11. The molecule has 1 aromatic heterocycles. The van der Waals surface area contributed by atoms with Crippen molar-refractivity contribution in [3.63, 3.8) is 0 Å². The number of aromatic nitrogens is 1. The van der Waals surface area contributed by atoms with E-state index in [-0.39, 0.29) is 5.54 Å². The van der Waals surface area contributed by atoms with Crippen molar-refractivity contribution in [3.8, 4) is 0 Å². The minimum absolute atomic E-state index is 0.110. The van der Waals surface area contributed by atoms with Crippen molar-refractivity contribution in [1.29, 1.82) is 0 Å². The molecule has 0 saturated heterocycles. The van der Waals surface area contributed by atoms with Crippen LogP contribution in [0.3, 0.4) is 0 Å². The summed E-state index contributed by atoms with van der Waals surface area (Å²) in [6.07, 6.45) is 1.78. The van der Waals surface area contributed by atoms with E-state index < -0.39 is 0 Å². The molecule has 1 unspecified atom stereocenters. The van der Waals surface area contributed by atoms with Crippen LogP contribution in [0.2, 0.25) is 0 Å². The number of nitrogens with one attached hydrogen (secondary N) is 1. The molecule has 0 aliphatic carbocycles. The van der Waals surface area contributed by atoms with Crippen LogP contribution in [0.15, 0.2) is 22.8 Å². The first-order valence-electron chi connectivity index (χ1n) is 5.08. The van der Waals surface area contributed by atoms with Gasteiger partial charge in [0.1, 0.15) is 5.82 Å². The van der Waals surface area contributed by atoms with Crippen LogP contribution in [0.25, 0.3) is 0 Å². The largest absolute Gasteiger partial charge is 0.363 e. The standard InChI is InChI=1S/C11H18BrN3/c1-8(2)11(3,7-13)15-10-5-4-9(12)6-14-10/h4-6,8H,7,13H2,1-3H3,(H,14,15). The lowest BCUT2D eigenvalue weighted by Gasteiger charge is -2.34. The molecule has 0 aliphatic heterocycles. The van der Waals surface area contributed by atoms with Gasteiger partial charge in [-0.3, -0.25) is 0 Å². The average molecular weight is 272 g/mol. The topological polar surface area (TPSA) is 50.9 Å². The van der Waals surface area contributed by atoms with Crippen molar-refractivity contribution in [2.75, 3.05) is 11.9 Å². The zero-order valence-electron chi connectivity index (χ0n) is 9.42. The second-order valence-corrected chi connectivity index (χ2v) is 5.18. The Labute approximate surface area is 99.6 Å². The monoisotopic (exact) mass is 271 g/mol. The maximum Gasteiger partial charge on any atom is 0.126 e. The Bertz CT molecular complexity index is 310. The molecule has 3 N–H and O–H groups in total. The Morgan fingerprint density at radius 2 is 2.20 bits per heavy atom. The first-order chi connectivity index (χ1) is 6.98. The Morgan fingerprint density at radius 1 is 1.53 bits per heavy atom. The third-order valence-electron chi connectivity index (χ3n) is 2.84. The van der Waals surface area contributed by atoms with Crippen molar-refractivity contribution in [2.24, 2.45) is 11.7 Å². The predicted octanol–water partition coefficient (Wildman–Crippen LogP) is 2.63. The number of halogens is 1. The minimum atomic E-state index is -0.110. The summed E-state index contributed by atoms with van der Waals surface area (Å²) in [4.78, 5) is 4.28. The Morgan fingerprint density at radius 3 is 2.60 bits per heavy atom. The van der Waals surface area contributed by atoms with E-state index in [2.05, 4.69) is 47.0 Å². The van der Waals surface area contributed by atoms with Crippen LogP contribution in [-0.2, 0) is 0 Å². The van der Waals surface area contributed by atoms with E-state index in [1.54, 1.807) is 6.20 Å². The van der Waals surface area contributed by atoms with Crippen LogP contribution in [0, 0.1) is 5.92 Å². The van der Waals surface area contributed by atoms with Gasteiger partial charge in [0.15, 0.2) is 0 Å².